The first-order chi connectivity index (χ1) is 6.50. The SMILES string of the molecule is O=S(=O)(O)c1ccc(F)c2nonc12.[NH4+]. The molecule has 0 spiro atoms. The molecule has 0 saturated heterocycles. The highest BCUT2D eigenvalue weighted by Gasteiger charge is 2.19. The number of halogens is 1. The van der Waals surface area contributed by atoms with Crippen molar-refractivity contribution in [2.24, 2.45) is 0 Å². The highest BCUT2D eigenvalue weighted by Crippen LogP contribution is 2.21. The lowest BCUT2D eigenvalue weighted by molar-refractivity contribution is 0.314. The molecule has 0 amide bonds. The minimum absolute atomic E-state index is 0. The van der Waals surface area contributed by atoms with Crippen LogP contribution in [0.2, 0.25) is 0 Å². The molecular formula is C6H7FN3O4S+. The van der Waals surface area contributed by atoms with Crippen LogP contribution in [0.4, 0.5) is 4.39 Å². The van der Waals surface area contributed by atoms with E-state index in [4.69, 9.17) is 4.55 Å². The summed E-state index contributed by atoms with van der Waals surface area (Å²) in [5.41, 5.74) is -0.660. The topological polar surface area (TPSA) is 130 Å². The number of aromatic nitrogens is 2. The summed E-state index contributed by atoms with van der Waals surface area (Å²) >= 11 is 0. The third kappa shape index (κ3) is 1.79. The molecule has 9 heteroatoms. The van der Waals surface area contributed by atoms with Gasteiger partial charge in [0.1, 0.15) is 4.90 Å². The molecule has 0 unspecified atom stereocenters. The van der Waals surface area contributed by atoms with Gasteiger partial charge in [0.05, 0.1) is 0 Å². The third-order valence-electron chi connectivity index (χ3n) is 1.61. The van der Waals surface area contributed by atoms with E-state index in [-0.39, 0.29) is 17.2 Å². The Morgan fingerprint density at radius 3 is 2.47 bits per heavy atom. The van der Waals surface area contributed by atoms with E-state index in [0.717, 1.165) is 12.1 Å². The number of rotatable bonds is 1. The second kappa shape index (κ2) is 3.53. The van der Waals surface area contributed by atoms with Gasteiger partial charge in [0, 0.05) is 0 Å². The zero-order valence-electron chi connectivity index (χ0n) is 7.51. The van der Waals surface area contributed by atoms with E-state index in [0.29, 0.717) is 0 Å². The molecule has 82 valence electrons. The van der Waals surface area contributed by atoms with Gasteiger partial charge in [0.2, 0.25) is 0 Å². The van der Waals surface area contributed by atoms with Gasteiger partial charge in [-0.15, -0.1) is 0 Å². The summed E-state index contributed by atoms with van der Waals surface area (Å²) < 4.78 is 47.4. The number of hydrogen-bond acceptors (Lipinski definition) is 5. The summed E-state index contributed by atoms with van der Waals surface area (Å²) in [7, 11) is -4.45. The van der Waals surface area contributed by atoms with Gasteiger partial charge in [-0.3, -0.25) is 4.55 Å². The lowest BCUT2D eigenvalue weighted by atomic mass is 10.3. The average molecular weight is 236 g/mol. The van der Waals surface area contributed by atoms with Crippen LogP contribution < -0.4 is 6.15 Å². The Morgan fingerprint density at radius 2 is 1.87 bits per heavy atom. The molecule has 0 saturated carbocycles. The summed E-state index contributed by atoms with van der Waals surface area (Å²) in [6, 6.07) is 1.74. The van der Waals surface area contributed by atoms with Crippen molar-refractivity contribution in [3.05, 3.63) is 17.9 Å². The van der Waals surface area contributed by atoms with Gasteiger partial charge in [-0.05, 0) is 22.4 Å². The fraction of sp³-hybridized carbons (Fsp3) is 0. The summed E-state index contributed by atoms with van der Waals surface area (Å²) in [5, 5.41) is 6.34. The van der Waals surface area contributed by atoms with Crippen LogP contribution in [0.25, 0.3) is 11.0 Å². The van der Waals surface area contributed by atoms with Crippen LogP contribution in [0.1, 0.15) is 0 Å². The molecule has 0 aliphatic heterocycles. The Bertz CT molecular complexity index is 593. The zero-order valence-corrected chi connectivity index (χ0v) is 8.32. The molecule has 0 fully saturated rings. The Hall–Kier alpha value is -1.58. The third-order valence-corrected chi connectivity index (χ3v) is 2.49. The van der Waals surface area contributed by atoms with Crippen molar-refractivity contribution in [2.75, 3.05) is 0 Å². The smallest absolute Gasteiger partial charge is 0.296 e. The first-order valence-corrected chi connectivity index (χ1v) is 4.82. The number of nitrogens with zero attached hydrogens (tertiary/aromatic N) is 2. The molecule has 0 radical (unpaired) electrons. The van der Waals surface area contributed by atoms with Crippen LogP contribution in [0.15, 0.2) is 21.7 Å². The molecule has 1 heterocycles. The van der Waals surface area contributed by atoms with Gasteiger partial charge < -0.3 is 6.15 Å². The molecule has 7 nitrogen and oxygen atoms in total. The Morgan fingerprint density at radius 1 is 1.27 bits per heavy atom. The fourth-order valence-corrected chi connectivity index (χ4v) is 1.64. The Balaban J connectivity index is 0.00000112. The molecule has 15 heavy (non-hydrogen) atoms. The number of hydrogen-bond donors (Lipinski definition) is 2. The van der Waals surface area contributed by atoms with Crippen LogP contribution >= 0.6 is 0 Å². The van der Waals surface area contributed by atoms with Crippen molar-refractivity contribution in [3.8, 4) is 0 Å². The summed E-state index contributed by atoms with van der Waals surface area (Å²) in [4.78, 5) is -0.532. The maximum atomic E-state index is 12.9. The van der Waals surface area contributed by atoms with Crippen LogP contribution in [-0.4, -0.2) is 23.3 Å². The van der Waals surface area contributed by atoms with Gasteiger partial charge >= 0.3 is 0 Å². The second-order valence-electron chi connectivity index (χ2n) is 2.48. The van der Waals surface area contributed by atoms with Crippen molar-refractivity contribution in [3.63, 3.8) is 0 Å². The maximum absolute atomic E-state index is 12.9. The van der Waals surface area contributed by atoms with E-state index in [1.165, 1.54) is 0 Å². The lowest BCUT2D eigenvalue weighted by Gasteiger charge is -1.95. The highest BCUT2D eigenvalue weighted by atomic mass is 32.2. The van der Waals surface area contributed by atoms with Crippen molar-refractivity contribution in [1.82, 2.24) is 16.5 Å². The molecule has 2 rings (SSSR count). The molecule has 5 N–H and O–H groups in total. The second-order valence-corrected chi connectivity index (χ2v) is 3.87. The van der Waals surface area contributed by atoms with E-state index >= 15 is 0 Å². The molecule has 0 aliphatic rings. The quantitative estimate of drug-likeness (QED) is 0.710. The van der Waals surface area contributed by atoms with Crippen LogP contribution in [0.5, 0.6) is 0 Å². The van der Waals surface area contributed by atoms with E-state index in [1.807, 2.05) is 0 Å². The lowest BCUT2D eigenvalue weighted by Crippen LogP contribution is -1.99. The van der Waals surface area contributed by atoms with E-state index in [1.54, 1.807) is 0 Å². The van der Waals surface area contributed by atoms with Gasteiger partial charge in [-0.25, -0.2) is 9.02 Å². The van der Waals surface area contributed by atoms with E-state index < -0.39 is 20.8 Å². The van der Waals surface area contributed by atoms with Gasteiger partial charge in [-0.2, -0.15) is 8.42 Å². The first-order valence-electron chi connectivity index (χ1n) is 3.38. The van der Waals surface area contributed by atoms with Crippen molar-refractivity contribution in [1.29, 1.82) is 0 Å². The van der Waals surface area contributed by atoms with Gasteiger partial charge in [0.15, 0.2) is 16.9 Å². The molecule has 1 aromatic heterocycles. The average Bonchev–Trinajstić information content (AvgIpc) is 2.50. The maximum Gasteiger partial charge on any atom is 0.296 e. The van der Waals surface area contributed by atoms with Gasteiger partial charge in [0.25, 0.3) is 10.1 Å². The van der Waals surface area contributed by atoms with Crippen LogP contribution in [-0.2, 0) is 10.1 Å². The van der Waals surface area contributed by atoms with Crippen LogP contribution in [0, 0.1) is 5.82 Å². The van der Waals surface area contributed by atoms with E-state index in [2.05, 4.69) is 14.9 Å². The Labute approximate surface area is 83.2 Å². The van der Waals surface area contributed by atoms with Crippen molar-refractivity contribution < 1.29 is 22.0 Å². The number of benzene rings is 1. The molecule has 0 aliphatic carbocycles. The molecule has 1 aromatic carbocycles. The molecule has 0 bridgehead atoms. The standard InChI is InChI=1S/C6H3FN2O4S.H3N/c7-3-1-2-4(14(10,11)12)6-5(3)8-13-9-6;/h1-2H,(H,10,11,12);1H3/p+1. The van der Waals surface area contributed by atoms with Crippen molar-refractivity contribution in [2.45, 2.75) is 4.90 Å². The monoisotopic (exact) mass is 236 g/mol. The van der Waals surface area contributed by atoms with Crippen molar-refractivity contribution >= 4 is 21.2 Å². The molecule has 2 aromatic rings. The number of quaternary nitrogens is 1. The minimum atomic E-state index is -4.45. The first kappa shape index (κ1) is 11.5. The predicted octanol–water partition coefficient (Wildman–Crippen LogP) is 0.985. The predicted molar refractivity (Wildman–Crippen MR) is 47.6 cm³/mol. The summed E-state index contributed by atoms with van der Waals surface area (Å²) in [6.07, 6.45) is 0. The largest absolute Gasteiger partial charge is 0.369 e. The summed E-state index contributed by atoms with van der Waals surface area (Å²) in [5.74, 6) is -0.770. The summed E-state index contributed by atoms with van der Waals surface area (Å²) in [6.45, 7) is 0. The van der Waals surface area contributed by atoms with Gasteiger partial charge in [-0.1, -0.05) is 0 Å². The molecule has 0 atom stereocenters. The van der Waals surface area contributed by atoms with Crippen LogP contribution in [0.3, 0.4) is 0 Å². The minimum Gasteiger partial charge on any atom is -0.369 e. The fourth-order valence-electron chi connectivity index (χ4n) is 1.02. The zero-order chi connectivity index (χ0) is 10.3. The normalized spacial score (nSPS) is 11.3. The van der Waals surface area contributed by atoms with E-state index in [9.17, 15) is 12.8 Å². The Kier molecular flexibility index (Phi) is 2.71. The highest BCUT2D eigenvalue weighted by molar-refractivity contribution is 7.86. The molecular weight excluding hydrogens is 229 g/mol. The number of fused-ring (bicyclic) bond motifs is 1.